The van der Waals surface area contributed by atoms with Crippen LogP contribution in [0, 0.1) is 17.6 Å². The molecule has 19 heteroatoms. The average Bonchev–Trinajstić information content (AvgIpc) is 3.48. The summed E-state index contributed by atoms with van der Waals surface area (Å²) in [5.41, 5.74) is -0.870. The maximum atomic E-state index is 15.3. The Morgan fingerprint density at radius 2 is 1.79 bits per heavy atom. The second kappa shape index (κ2) is 13.2. The minimum Gasteiger partial charge on any atom is -0.346 e. The minimum absolute atomic E-state index is 0.0242. The van der Waals surface area contributed by atoms with E-state index in [0.29, 0.717) is 16.3 Å². The van der Waals surface area contributed by atoms with Gasteiger partial charge in [-0.25, -0.2) is 35.7 Å². The van der Waals surface area contributed by atoms with Gasteiger partial charge in [0.2, 0.25) is 15.9 Å². The van der Waals surface area contributed by atoms with Gasteiger partial charge >= 0.3 is 0 Å². The number of halogens is 7. The molecule has 278 valence electrons. The number of carbonyl (C=O) groups excluding carboxylic acids is 2. The molecule has 0 radical (unpaired) electrons. The van der Waals surface area contributed by atoms with Crippen LogP contribution in [0.15, 0.2) is 48.7 Å². The van der Waals surface area contributed by atoms with E-state index in [9.17, 15) is 35.6 Å². The Hall–Kier alpha value is -4.97. The van der Waals surface area contributed by atoms with Crippen LogP contribution in [0.5, 0.6) is 0 Å². The normalized spacial score (nSPS) is 17.9. The van der Waals surface area contributed by atoms with Gasteiger partial charge in [0.05, 0.1) is 39.3 Å². The Labute approximate surface area is 302 Å². The molecule has 0 saturated heterocycles. The van der Waals surface area contributed by atoms with E-state index in [4.69, 9.17) is 11.6 Å². The fraction of sp³-hybridized carbons (Fsp3) is 0.324. The molecular formula is C34H28ClF6N7O4S. The topological polar surface area (TPSA) is 152 Å². The van der Waals surface area contributed by atoms with E-state index in [1.807, 2.05) is 4.72 Å². The number of pyridine rings is 1. The predicted octanol–water partition coefficient (Wildman–Crippen LogP) is 6.47. The van der Waals surface area contributed by atoms with Crippen LogP contribution >= 0.6 is 11.6 Å². The third-order valence-electron chi connectivity index (χ3n) is 9.32. The number of carbonyl (C=O) groups is 2. The van der Waals surface area contributed by atoms with Crippen LogP contribution in [0.3, 0.4) is 0 Å². The van der Waals surface area contributed by atoms with Crippen molar-refractivity contribution in [3.63, 3.8) is 0 Å². The summed E-state index contributed by atoms with van der Waals surface area (Å²) >= 11 is 6.32. The van der Waals surface area contributed by atoms with Crippen LogP contribution in [0.4, 0.5) is 26.3 Å². The number of amides is 2. The lowest BCUT2D eigenvalue weighted by molar-refractivity contribution is -0.123. The molecule has 3 heterocycles. The number of fused-ring (bicyclic) bond motifs is 4. The van der Waals surface area contributed by atoms with Crippen molar-refractivity contribution in [3.8, 4) is 11.1 Å². The standard InChI is InChI=1S/C34H28ClF6N7O4S/c1-14(2)53(51,52)47-33(50)21-8-16(3-4-23(21)35)19-11-24-26(12-42-45-24)44-29(19)25(7-15-5-17(36)9-18(37)6-15)43-27(49)13-48-31-28(30(46-48)32(38)39)20-10-22(20)34(31,40)41/h3-6,8-9,11-12,14,20,22,25,32H,7,10,13H2,1-2H3,(H,42,45)(H,43,49)(H,47,50)/t20-,22+,25?/m0/s1. The van der Waals surface area contributed by atoms with Crippen molar-refractivity contribution in [1.82, 2.24) is 35.0 Å². The first-order chi connectivity index (χ1) is 24.9. The number of alkyl halides is 4. The molecule has 0 aliphatic heterocycles. The molecule has 2 amide bonds. The van der Waals surface area contributed by atoms with Gasteiger partial charge in [0, 0.05) is 23.1 Å². The molecule has 3 aromatic heterocycles. The maximum absolute atomic E-state index is 15.3. The Kier molecular flexibility index (Phi) is 9.03. The summed E-state index contributed by atoms with van der Waals surface area (Å²) in [6, 6.07) is 7.03. The summed E-state index contributed by atoms with van der Waals surface area (Å²) in [6.07, 6.45) is -2.11. The molecule has 1 unspecified atom stereocenters. The molecule has 11 nitrogen and oxygen atoms in total. The summed E-state index contributed by atoms with van der Waals surface area (Å²) in [6.45, 7) is 1.84. The van der Waals surface area contributed by atoms with Crippen molar-refractivity contribution < 1.29 is 44.3 Å². The SMILES string of the molecule is CC(C)S(=O)(=O)NC(=O)c1cc(-c2cc3[nH]ncc3nc2C(Cc2cc(F)cc(F)c2)NC(=O)Cn2nc(C(F)F)c3c2C(F)(F)[C@@H]2C[C@H]32)ccc1Cl. The number of aromatic amines is 1. The molecule has 5 aromatic rings. The lowest BCUT2D eigenvalue weighted by Crippen LogP contribution is -2.36. The van der Waals surface area contributed by atoms with Crippen LogP contribution in [-0.2, 0) is 33.7 Å². The molecule has 3 atom stereocenters. The van der Waals surface area contributed by atoms with Crippen molar-refractivity contribution in [2.45, 2.75) is 62.8 Å². The van der Waals surface area contributed by atoms with Crippen molar-refractivity contribution in [1.29, 1.82) is 0 Å². The van der Waals surface area contributed by atoms with E-state index < -0.39 is 86.9 Å². The van der Waals surface area contributed by atoms with Crippen molar-refractivity contribution in [3.05, 3.63) is 99.1 Å². The molecule has 1 fully saturated rings. The summed E-state index contributed by atoms with van der Waals surface area (Å²) in [5.74, 6) is -9.31. The monoisotopic (exact) mass is 779 g/mol. The van der Waals surface area contributed by atoms with Crippen LogP contribution in [0.2, 0.25) is 5.02 Å². The number of nitrogens with zero attached hydrogens (tertiary/aromatic N) is 4. The largest absolute Gasteiger partial charge is 0.346 e. The van der Waals surface area contributed by atoms with Crippen molar-refractivity contribution in [2.24, 2.45) is 5.92 Å². The Morgan fingerprint density at radius 1 is 1.08 bits per heavy atom. The minimum atomic E-state index is -4.07. The van der Waals surface area contributed by atoms with Crippen LogP contribution in [0.1, 0.15) is 77.2 Å². The Balaban J connectivity index is 1.31. The summed E-state index contributed by atoms with van der Waals surface area (Å²) < 4.78 is 115. The molecule has 2 aromatic carbocycles. The Morgan fingerprint density at radius 3 is 2.47 bits per heavy atom. The van der Waals surface area contributed by atoms with Gasteiger partial charge in [-0.15, -0.1) is 0 Å². The molecule has 2 aliphatic carbocycles. The zero-order valence-corrected chi connectivity index (χ0v) is 29.2. The molecule has 0 bridgehead atoms. The van der Waals surface area contributed by atoms with Gasteiger partial charge in [0.25, 0.3) is 18.3 Å². The average molecular weight is 780 g/mol. The smallest absolute Gasteiger partial charge is 0.293 e. The van der Waals surface area contributed by atoms with E-state index >= 15 is 8.78 Å². The zero-order chi connectivity index (χ0) is 38.1. The Bertz CT molecular complexity index is 2400. The molecule has 2 aliphatic rings. The highest BCUT2D eigenvalue weighted by Gasteiger charge is 2.67. The second-order valence-electron chi connectivity index (χ2n) is 13.2. The number of hydrogen-bond donors (Lipinski definition) is 3. The number of hydrogen-bond acceptors (Lipinski definition) is 7. The zero-order valence-electron chi connectivity index (χ0n) is 27.6. The van der Waals surface area contributed by atoms with E-state index in [2.05, 4.69) is 25.6 Å². The predicted molar refractivity (Wildman–Crippen MR) is 179 cm³/mol. The maximum Gasteiger partial charge on any atom is 0.293 e. The highest BCUT2D eigenvalue weighted by molar-refractivity contribution is 7.90. The van der Waals surface area contributed by atoms with Crippen molar-refractivity contribution in [2.75, 3.05) is 0 Å². The van der Waals surface area contributed by atoms with Gasteiger partial charge in [-0.3, -0.25) is 19.4 Å². The highest BCUT2D eigenvalue weighted by atomic mass is 35.5. The summed E-state index contributed by atoms with van der Waals surface area (Å²) in [7, 11) is -4.07. The van der Waals surface area contributed by atoms with Gasteiger partial charge in [-0.1, -0.05) is 17.7 Å². The molecule has 0 spiro atoms. The van der Waals surface area contributed by atoms with Gasteiger partial charge in [-0.05, 0) is 74.1 Å². The van der Waals surface area contributed by atoms with E-state index in [-0.39, 0.29) is 56.9 Å². The van der Waals surface area contributed by atoms with E-state index in [0.717, 1.165) is 12.1 Å². The lowest BCUT2D eigenvalue weighted by Gasteiger charge is -2.23. The number of aromatic nitrogens is 5. The third-order valence-corrected chi connectivity index (χ3v) is 11.4. The van der Waals surface area contributed by atoms with E-state index in [1.54, 1.807) is 6.07 Å². The molecule has 3 N–H and O–H groups in total. The van der Waals surface area contributed by atoms with Gasteiger partial charge < -0.3 is 5.32 Å². The second-order valence-corrected chi connectivity index (χ2v) is 15.9. The molecule has 53 heavy (non-hydrogen) atoms. The highest BCUT2D eigenvalue weighted by Crippen LogP contribution is 2.68. The van der Waals surface area contributed by atoms with Crippen LogP contribution in [-0.4, -0.2) is 50.4 Å². The third kappa shape index (κ3) is 6.73. The number of benzene rings is 2. The summed E-state index contributed by atoms with van der Waals surface area (Å²) in [5, 5.41) is 12.0. The number of rotatable bonds is 11. The first kappa shape index (κ1) is 36.4. The van der Waals surface area contributed by atoms with Crippen LogP contribution in [0.25, 0.3) is 22.2 Å². The first-order valence-corrected chi connectivity index (χ1v) is 18.1. The summed E-state index contributed by atoms with van der Waals surface area (Å²) in [4.78, 5) is 31.5. The molecule has 7 rings (SSSR count). The number of nitrogens with one attached hydrogen (secondary N) is 3. The number of H-pyrrole nitrogens is 1. The van der Waals surface area contributed by atoms with Gasteiger partial charge in [0.15, 0.2) is 0 Å². The van der Waals surface area contributed by atoms with Crippen LogP contribution < -0.4 is 10.0 Å². The molecular weight excluding hydrogens is 752 g/mol. The lowest BCUT2D eigenvalue weighted by atomic mass is 9.94. The first-order valence-electron chi connectivity index (χ1n) is 16.2. The fourth-order valence-electron chi connectivity index (χ4n) is 6.69. The van der Waals surface area contributed by atoms with Gasteiger partial charge in [-0.2, -0.15) is 19.0 Å². The fourth-order valence-corrected chi connectivity index (χ4v) is 7.50. The van der Waals surface area contributed by atoms with Crippen molar-refractivity contribution >= 4 is 44.5 Å². The van der Waals surface area contributed by atoms with Gasteiger partial charge in [0.1, 0.15) is 35.1 Å². The van der Waals surface area contributed by atoms with E-state index in [1.165, 1.54) is 38.2 Å². The molecule has 1 saturated carbocycles. The number of sulfonamides is 1. The quantitative estimate of drug-likeness (QED) is 0.130.